The number of hydrogen-bond donors (Lipinski definition) is 1. The van der Waals surface area contributed by atoms with Crippen LogP contribution in [0.5, 0.6) is 0 Å². The summed E-state index contributed by atoms with van der Waals surface area (Å²) in [4.78, 5) is 17.0. The molecule has 0 aromatic carbocycles. The van der Waals surface area contributed by atoms with Crippen molar-refractivity contribution < 1.29 is 24.1 Å². The molecule has 5 fully saturated rings. The Labute approximate surface area is 204 Å². The number of aliphatic hydroxyl groups excluding tert-OH is 1. The van der Waals surface area contributed by atoms with E-state index in [1.54, 1.807) is 6.92 Å². The van der Waals surface area contributed by atoms with Gasteiger partial charge in [-0.3, -0.25) is 9.79 Å². The zero-order chi connectivity index (χ0) is 24.3. The van der Waals surface area contributed by atoms with Crippen LogP contribution < -0.4 is 0 Å². The van der Waals surface area contributed by atoms with Crippen LogP contribution in [0.15, 0.2) is 4.99 Å². The van der Waals surface area contributed by atoms with E-state index in [0.29, 0.717) is 24.4 Å². The van der Waals surface area contributed by atoms with Crippen LogP contribution in [0.2, 0.25) is 0 Å². The standard InChI is InChI=1S/C28H43NO5/c1-16(30)33-21-13-19-24(2,3)20(31)8-10-25(19,4)18-7-11-26(5)23(17-9-12-29-14-17)32-15-22-28(26,34-22)27(18,21)6/h14,17-23,31H,7-13,15H2,1-6H3. The Kier molecular flexibility index (Phi) is 4.87. The van der Waals surface area contributed by atoms with Crippen LogP contribution in [0.3, 0.4) is 0 Å². The number of fused-ring (bicyclic) bond motifs is 3. The maximum Gasteiger partial charge on any atom is 0.302 e. The maximum atomic E-state index is 12.5. The quantitative estimate of drug-likeness (QED) is 0.481. The Bertz CT molecular complexity index is 918. The monoisotopic (exact) mass is 473 g/mol. The predicted molar refractivity (Wildman–Crippen MR) is 129 cm³/mol. The van der Waals surface area contributed by atoms with Crippen LogP contribution >= 0.6 is 0 Å². The molecule has 6 aliphatic rings. The van der Waals surface area contributed by atoms with Crippen LogP contribution in [-0.2, 0) is 19.0 Å². The smallest absolute Gasteiger partial charge is 0.302 e. The summed E-state index contributed by atoms with van der Waals surface area (Å²) >= 11 is 0. The third-order valence-corrected chi connectivity index (χ3v) is 12.1. The second-order valence-corrected chi connectivity index (χ2v) is 13.7. The fourth-order valence-electron chi connectivity index (χ4n) is 10.6. The molecule has 0 radical (unpaired) electrons. The lowest BCUT2D eigenvalue weighted by Gasteiger charge is -2.71. The highest BCUT2D eigenvalue weighted by molar-refractivity contribution is 5.66. The van der Waals surface area contributed by atoms with Gasteiger partial charge in [0, 0.05) is 36.4 Å². The Morgan fingerprint density at radius 1 is 1.09 bits per heavy atom. The van der Waals surface area contributed by atoms with E-state index in [2.05, 4.69) is 45.8 Å². The van der Waals surface area contributed by atoms with Gasteiger partial charge in [0.1, 0.15) is 17.8 Å². The first-order chi connectivity index (χ1) is 15.9. The van der Waals surface area contributed by atoms with Crippen molar-refractivity contribution in [3.05, 3.63) is 0 Å². The van der Waals surface area contributed by atoms with Crippen molar-refractivity contribution in [2.75, 3.05) is 13.2 Å². The number of hydrogen-bond acceptors (Lipinski definition) is 6. The average Bonchev–Trinajstić information content (AvgIpc) is 3.29. The zero-order valence-electron chi connectivity index (χ0n) is 21.8. The van der Waals surface area contributed by atoms with Crippen LogP contribution in [0.25, 0.3) is 0 Å². The average molecular weight is 474 g/mol. The normalized spacial score (nSPS) is 57.1. The lowest BCUT2D eigenvalue weighted by atomic mass is 9.34. The molecule has 1 spiro atoms. The van der Waals surface area contributed by atoms with Gasteiger partial charge in [0.2, 0.25) is 0 Å². The van der Waals surface area contributed by atoms with E-state index in [9.17, 15) is 9.90 Å². The maximum absolute atomic E-state index is 12.5. The minimum atomic E-state index is -0.351. The highest BCUT2D eigenvalue weighted by atomic mass is 16.7. The number of esters is 1. The van der Waals surface area contributed by atoms with Crippen LogP contribution in [0, 0.1) is 39.4 Å². The minimum Gasteiger partial charge on any atom is -0.462 e. The van der Waals surface area contributed by atoms with Gasteiger partial charge in [-0.25, -0.2) is 0 Å². The lowest BCUT2D eigenvalue weighted by molar-refractivity contribution is -0.278. The molecule has 190 valence electrons. The molecule has 6 nitrogen and oxygen atoms in total. The molecule has 3 aliphatic heterocycles. The molecule has 3 aliphatic carbocycles. The van der Waals surface area contributed by atoms with Crippen LogP contribution in [0.4, 0.5) is 0 Å². The summed E-state index contributed by atoms with van der Waals surface area (Å²) in [5, 5.41) is 11.0. The Morgan fingerprint density at radius 2 is 1.85 bits per heavy atom. The van der Waals surface area contributed by atoms with Crippen LogP contribution in [-0.4, -0.2) is 60.5 Å². The van der Waals surface area contributed by atoms with Crippen molar-refractivity contribution in [1.82, 2.24) is 0 Å². The molecule has 0 amide bonds. The van der Waals surface area contributed by atoms with Gasteiger partial charge in [-0.15, -0.1) is 0 Å². The second kappa shape index (κ2) is 7.07. The van der Waals surface area contributed by atoms with Gasteiger partial charge in [-0.2, -0.15) is 0 Å². The molecule has 0 aromatic heterocycles. The first kappa shape index (κ1) is 23.4. The van der Waals surface area contributed by atoms with Crippen molar-refractivity contribution in [2.45, 2.75) is 110 Å². The number of rotatable bonds is 2. The topological polar surface area (TPSA) is 80.7 Å². The predicted octanol–water partition coefficient (Wildman–Crippen LogP) is 4.17. The molecule has 6 rings (SSSR count). The van der Waals surface area contributed by atoms with E-state index in [1.165, 1.54) is 0 Å². The Balaban J connectivity index is 1.48. The number of nitrogens with zero attached hydrogens (tertiary/aromatic N) is 1. The third kappa shape index (κ3) is 2.58. The summed E-state index contributed by atoms with van der Waals surface area (Å²) < 4.78 is 19.6. The van der Waals surface area contributed by atoms with Crippen molar-refractivity contribution in [2.24, 2.45) is 44.4 Å². The van der Waals surface area contributed by atoms with E-state index in [4.69, 9.17) is 14.2 Å². The van der Waals surface area contributed by atoms with Gasteiger partial charge in [0.05, 0.1) is 18.8 Å². The summed E-state index contributed by atoms with van der Waals surface area (Å²) in [6.45, 7) is 14.7. The Hall–Kier alpha value is -0.980. The molecule has 1 N–H and O–H groups in total. The zero-order valence-corrected chi connectivity index (χ0v) is 21.8. The molecule has 2 saturated heterocycles. The number of epoxide rings is 1. The Morgan fingerprint density at radius 3 is 2.53 bits per heavy atom. The van der Waals surface area contributed by atoms with E-state index in [1.807, 2.05) is 0 Å². The molecule has 34 heavy (non-hydrogen) atoms. The number of aliphatic hydroxyl groups is 1. The number of carbonyl (C=O) groups excluding carboxylic acids is 1. The number of carbonyl (C=O) groups is 1. The van der Waals surface area contributed by atoms with Gasteiger partial charge < -0.3 is 19.3 Å². The first-order valence-electron chi connectivity index (χ1n) is 13.6. The summed E-state index contributed by atoms with van der Waals surface area (Å²) in [5.41, 5.74) is -0.932. The molecular formula is C28H43NO5. The van der Waals surface area contributed by atoms with Crippen LogP contribution in [0.1, 0.15) is 80.1 Å². The molecular weight excluding hydrogens is 430 g/mol. The van der Waals surface area contributed by atoms with Gasteiger partial charge >= 0.3 is 5.97 Å². The summed E-state index contributed by atoms with van der Waals surface area (Å²) in [5.74, 6) is 0.774. The minimum absolute atomic E-state index is 0.0558. The third-order valence-electron chi connectivity index (χ3n) is 12.1. The highest BCUT2D eigenvalue weighted by Gasteiger charge is 2.86. The summed E-state index contributed by atoms with van der Waals surface area (Å²) in [6.07, 6.45) is 7.53. The van der Waals surface area contributed by atoms with Crippen molar-refractivity contribution in [3.63, 3.8) is 0 Å². The fraction of sp³-hybridized carbons (Fsp3) is 0.929. The fourth-order valence-corrected chi connectivity index (χ4v) is 10.6. The molecule has 0 bridgehead atoms. The van der Waals surface area contributed by atoms with Gasteiger partial charge in [0.15, 0.2) is 0 Å². The SMILES string of the molecule is CC(=O)OC1CC2C(C)(C)C(O)CCC2(C)C2CCC3(C)C(C4C=NCC4)OCC4OC43C12C. The van der Waals surface area contributed by atoms with E-state index in [-0.39, 0.29) is 57.6 Å². The highest BCUT2D eigenvalue weighted by Crippen LogP contribution is 2.79. The summed E-state index contributed by atoms with van der Waals surface area (Å²) in [6, 6.07) is 0. The molecule has 6 heteroatoms. The molecule has 0 aromatic rings. The molecule has 3 heterocycles. The van der Waals surface area contributed by atoms with E-state index < -0.39 is 0 Å². The van der Waals surface area contributed by atoms with Gasteiger partial charge in [-0.05, 0) is 61.2 Å². The summed E-state index contributed by atoms with van der Waals surface area (Å²) in [7, 11) is 0. The number of aliphatic imine (C=N–C) groups is 1. The van der Waals surface area contributed by atoms with Gasteiger partial charge in [0.25, 0.3) is 0 Å². The number of ether oxygens (including phenoxy) is 3. The second-order valence-electron chi connectivity index (χ2n) is 13.7. The lowest BCUT2D eigenvalue weighted by Crippen LogP contribution is -2.74. The first-order valence-corrected chi connectivity index (χ1v) is 13.6. The molecule has 11 unspecified atom stereocenters. The van der Waals surface area contributed by atoms with Crippen molar-refractivity contribution in [1.29, 1.82) is 0 Å². The van der Waals surface area contributed by atoms with E-state index >= 15 is 0 Å². The molecule has 3 saturated carbocycles. The molecule has 11 atom stereocenters. The van der Waals surface area contributed by atoms with Crippen molar-refractivity contribution >= 4 is 12.2 Å². The van der Waals surface area contributed by atoms with Gasteiger partial charge in [-0.1, -0.05) is 34.6 Å². The van der Waals surface area contributed by atoms with E-state index in [0.717, 1.165) is 45.1 Å². The largest absolute Gasteiger partial charge is 0.462 e. The van der Waals surface area contributed by atoms with Crippen molar-refractivity contribution in [3.8, 4) is 0 Å².